The molecule has 3 heterocycles. The number of amides is 2. The molecule has 33 heavy (non-hydrogen) atoms. The molecule has 2 aliphatic rings. The van der Waals surface area contributed by atoms with Crippen molar-refractivity contribution >= 4 is 17.5 Å². The summed E-state index contributed by atoms with van der Waals surface area (Å²) in [7, 11) is 1.67. The van der Waals surface area contributed by atoms with Crippen LogP contribution in [0.3, 0.4) is 0 Å². The number of fused-ring (bicyclic) bond motifs is 1. The van der Waals surface area contributed by atoms with Gasteiger partial charge < -0.3 is 23.9 Å². The zero-order valence-corrected chi connectivity index (χ0v) is 18.6. The predicted octanol–water partition coefficient (Wildman–Crippen LogP) is 3.20. The van der Waals surface area contributed by atoms with Crippen molar-refractivity contribution in [2.24, 2.45) is 0 Å². The lowest BCUT2D eigenvalue weighted by molar-refractivity contribution is -0.137. The van der Waals surface area contributed by atoms with E-state index in [4.69, 9.17) is 9.15 Å². The summed E-state index contributed by atoms with van der Waals surface area (Å²) in [5.74, 6) is 0.828. The Morgan fingerprint density at radius 3 is 2.36 bits per heavy atom. The standard InChI is InChI=1S/C26H27N3O4/c1-32-23-10-5-4-9-21(23)27-12-14-28(15-13-27)25(30)22-17-19-7-2-3-8-20(19)18-29(22)26(31)24-11-6-16-33-24/h2-11,16,22H,12-15,17-18H2,1H3. The average molecular weight is 446 g/mol. The summed E-state index contributed by atoms with van der Waals surface area (Å²) in [5.41, 5.74) is 3.22. The van der Waals surface area contributed by atoms with Crippen LogP contribution in [0.25, 0.3) is 0 Å². The van der Waals surface area contributed by atoms with Crippen LogP contribution in [0.4, 0.5) is 5.69 Å². The first-order valence-electron chi connectivity index (χ1n) is 11.2. The molecule has 0 saturated carbocycles. The number of furan rings is 1. The Kier molecular flexibility index (Phi) is 5.77. The third-order valence-corrected chi connectivity index (χ3v) is 6.54. The molecule has 1 aromatic heterocycles. The molecule has 170 valence electrons. The molecule has 1 fully saturated rings. The number of carbonyl (C=O) groups excluding carboxylic acids is 2. The SMILES string of the molecule is COc1ccccc1N1CCN(C(=O)C2Cc3ccccc3CN2C(=O)c2ccco2)CC1. The molecule has 7 heteroatoms. The highest BCUT2D eigenvalue weighted by Crippen LogP contribution is 2.30. The van der Waals surface area contributed by atoms with Crippen LogP contribution < -0.4 is 9.64 Å². The van der Waals surface area contributed by atoms with Crippen molar-refractivity contribution in [3.8, 4) is 5.75 Å². The Balaban J connectivity index is 1.34. The summed E-state index contributed by atoms with van der Waals surface area (Å²) >= 11 is 0. The van der Waals surface area contributed by atoms with Gasteiger partial charge in [0, 0.05) is 39.1 Å². The smallest absolute Gasteiger partial charge is 0.290 e. The van der Waals surface area contributed by atoms with E-state index in [1.165, 1.54) is 6.26 Å². The largest absolute Gasteiger partial charge is 0.495 e. The molecular weight excluding hydrogens is 418 g/mol. The highest BCUT2D eigenvalue weighted by molar-refractivity contribution is 5.96. The van der Waals surface area contributed by atoms with Crippen LogP contribution in [-0.4, -0.2) is 60.9 Å². The minimum atomic E-state index is -0.546. The monoisotopic (exact) mass is 445 g/mol. The summed E-state index contributed by atoms with van der Waals surface area (Å²) in [6, 6.07) is 18.7. The number of anilines is 1. The second-order valence-electron chi connectivity index (χ2n) is 8.38. The summed E-state index contributed by atoms with van der Waals surface area (Å²) in [6.07, 6.45) is 1.99. The summed E-state index contributed by atoms with van der Waals surface area (Å²) in [4.78, 5) is 32.7. The van der Waals surface area contributed by atoms with Crippen LogP contribution in [-0.2, 0) is 17.8 Å². The maximum absolute atomic E-state index is 13.7. The lowest BCUT2D eigenvalue weighted by Crippen LogP contribution is -2.57. The lowest BCUT2D eigenvalue weighted by atomic mass is 9.92. The van der Waals surface area contributed by atoms with Gasteiger partial charge in [-0.15, -0.1) is 0 Å². The van der Waals surface area contributed by atoms with Gasteiger partial charge in [-0.05, 0) is 35.4 Å². The van der Waals surface area contributed by atoms with Crippen molar-refractivity contribution in [1.29, 1.82) is 0 Å². The molecule has 2 aromatic carbocycles. The third kappa shape index (κ3) is 4.06. The van der Waals surface area contributed by atoms with Gasteiger partial charge in [0.1, 0.15) is 11.8 Å². The number of methoxy groups -OCH3 is 1. The quantitative estimate of drug-likeness (QED) is 0.617. The van der Waals surface area contributed by atoms with Crippen LogP contribution >= 0.6 is 0 Å². The second kappa shape index (κ2) is 9.02. The Labute approximate surface area is 193 Å². The molecule has 5 rings (SSSR count). The van der Waals surface area contributed by atoms with Crippen molar-refractivity contribution in [2.75, 3.05) is 38.2 Å². The molecular formula is C26H27N3O4. The fraction of sp³-hybridized carbons (Fsp3) is 0.308. The fourth-order valence-corrected chi connectivity index (χ4v) is 4.77. The topological polar surface area (TPSA) is 66.2 Å². The zero-order chi connectivity index (χ0) is 22.8. The van der Waals surface area contributed by atoms with Gasteiger partial charge in [-0.1, -0.05) is 36.4 Å². The molecule has 1 unspecified atom stereocenters. The maximum atomic E-state index is 13.7. The number of nitrogens with zero attached hydrogens (tertiary/aromatic N) is 3. The van der Waals surface area contributed by atoms with Crippen LogP contribution in [0, 0.1) is 0 Å². The van der Waals surface area contributed by atoms with Gasteiger partial charge >= 0.3 is 0 Å². The van der Waals surface area contributed by atoms with Crippen LogP contribution in [0.2, 0.25) is 0 Å². The van der Waals surface area contributed by atoms with Crippen molar-refractivity contribution in [2.45, 2.75) is 19.0 Å². The molecule has 0 bridgehead atoms. The highest BCUT2D eigenvalue weighted by atomic mass is 16.5. The van der Waals surface area contributed by atoms with E-state index in [1.54, 1.807) is 24.1 Å². The predicted molar refractivity (Wildman–Crippen MR) is 124 cm³/mol. The van der Waals surface area contributed by atoms with E-state index in [2.05, 4.69) is 4.90 Å². The number of rotatable bonds is 4. The van der Waals surface area contributed by atoms with E-state index < -0.39 is 6.04 Å². The number of piperazine rings is 1. The Bertz CT molecular complexity index is 1140. The lowest BCUT2D eigenvalue weighted by Gasteiger charge is -2.41. The Morgan fingerprint density at radius 2 is 1.64 bits per heavy atom. The molecule has 7 nitrogen and oxygen atoms in total. The highest BCUT2D eigenvalue weighted by Gasteiger charge is 2.38. The first-order chi connectivity index (χ1) is 16.2. The second-order valence-corrected chi connectivity index (χ2v) is 8.38. The van der Waals surface area contributed by atoms with Crippen molar-refractivity contribution in [1.82, 2.24) is 9.80 Å². The van der Waals surface area contributed by atoms with Gasteiger partial charge in [-0.25, -0.2) is 0 Å². The molecule has 0 spiro atoms. The minimum absolute atomic E-state index is 0.0101. The van der Waals surface area contributed by atoms with E-state index in [0.717, 1.165) is 22.6 Å². The van der Waals surface area contributed by atoms with Crippen molar-refractivity contribution < 1.29 is 18.7 Å². The van der Waals surface area contributed by atoms with Crippen molar-refractivity contribution in [3.05, 3.63) is 83.8 Å². The van der Waals surface area contributed by atoms with Gasteiger partial charge in [-0.2, -0.15) is 0 Å². The van der Waals surface area contributed by atoms with Gasteiger partial charge in [0.05, 0.1) is 19.1 Å². The van der Waals surface area contributed by atoms with E-state index in [0.29, 0.717) is 39.1 Å². The first kappa shape index (κ1) is 21.1. The number of para-hydroxylation sites is 2. The normalized spacial score (nSPS) is 18.1. The zero-order valence-electron chi connectivity index (χ0n) is 18.6. The van der Waals surface area contributed by atoms with E-state index >= 15 is 0 Å². The first-order valence-corrected chi connectivity index (χ1v) is 11.2. The minimum Gasteiger partial charge on any atom is -0.495 e. The molecule has 0 radical (unpaired) electrons. The van der Waals surface area contributed by atoms with Gasteiger partial charge in [-0.3, -0.25) is 9.59 Å². The molecule has 0 N–H and O–H groups in total. The fourth-order valence-electron chi connectivity index (χ4n) is 4.77. The van der Waals surface area contributed by atoms with Crippen LogP contribution in [0.1, 0.15) is 21.7 Å². The van der Waals surface area contributed by atoms with E-state index in [1.807, 2.05) is 53.4 Å². The molecule has 2 aliphatic heterocycles. The van der Waals surface area contributed by atoms with Crippen LogP contribution in [0.5, 0.6) is 5.75 Å². The summed E-state index contributed by atoms with van der Waals surface area (Å²) in [5, 5.41) is 0. The summed E-state index contributed by atoms with van der Waals surface area (Å²) in [6.45, 7) is 3.01. The summed E-state index contributed by atoms with van der Waals surface area (Å²) < 4.78 is 10.9. The van der Waals surface area contributed by atoms with E-state index in [9.17, 15) is 9.59 Å². The molecule has 0 aliphatic carbocycles. The molecule has 3 aromatic rings. The molecule has 2 amide bonds. The number of hydrogen-bond donors (Lipinski definition) is 0. The number of carbonyl (C=O) groups is 2. The third-order valence-electron chi connectivity index (χ3n) is 6.54. The van der Waals surface area contributed by atoms with Gasteiger partial charge in [0.15, 0.2) is 5.76 Å². The molecule has 1 saturated heterocycles. The van der Waals surface area contributed by atoms with Gasteiger partial charge in [0.2, 0.25) is 5.91 Å². The van der Waals surface area contributed by atoms with E-state index in [-0.39, 0.29) is 17.6 Å². The molecule has 1 atom stereocenters. The number of hydrogen-bond acceptors (Lipinski definition) is 5. The van der Waals surface area contributed by atoms with Crippen molar-refractivity contribution in [3.63, 3.8) is 0 Å². The van der Waals surface area contributed by atoms with Gasteiger partial charge in [0.25, 0.3) is 5.91 Å². The maximum Gasteiger partial charge on any atom is 0.290 e. The van der Waals surface area contributed by atoms with Crippen LogP contribution in [0.15, 0.2) is 71.3 Å². The Morgan fingerprint density at radius 1 is 0.909 bits per heavy atom. The average Bonchev–Trinajstić information content (AvgIpc) is 3.42. The number of ether oxygens (including phenoxy) is 1. The Hall–Kier alpha value is -3.74. The number of benzene rings is 2.